The number of aromatic nitrogens is 1. The maximum atomic E-state index is 12.3. The molecule has 1 aromatic carbocycles. The first-order valence-corrected chi connectivity index (χ1v) is 6.72. The van der Waals surface area contributed by atoms with E-state index in [1.807, 2.05) is 38.1 Å². The lowest BCUT2D eigenvalue weighted by Gasteiger charge is -2.17. The number of nitrogens with one attached hydrogen (secondary N) is 1. The molecule has 5 heteroatoms. The van der Waals surface area contributed by atoms with Crippen LogP contribution in [0.25, 0.3) is 10.9 Å². The molecular weight excluding hydrogens is 254 g/mol. The number of nitrogens with zero attached hydrogens (tertiary/aromatic N) is 1. The molecular formula is C15H21N3O2. The fourth-order valence-electron chi connectivity index (χ4n) is 2.00. The van der Waals surface area contributed by atoms with E-state index in [4.69, 9.17) is 10.5 Å². The first-order chi connectivity index (χ1) is 9.47. The van der Waals surface area contributed by atoms with Crippen molar-refractivity contribution in [2.24, 2.45) is 0 Å². The van der Waals surface area contributed by atoms with Gasteiger partial charge in [-0.05, 0) is 38.1 Å². The molecule has 0 bridgehead atoms. The zero-order valence-corrected chi connectivity index (χ0v) is 12.1. The Morgan fingerprint density at radius 1 is 1.40 bits per heavy atom. The van der Waals surface area contributed by atoms with Crippen LogP contribution in [0.1, 0.15) is 24.3 Å². The molecule has 0 spiro atoms. The quantitative estimate of drug-likeness (QED) is 0.822. The van der Waals surface area contributed by atoms with E-state index in [0.717, 1.165) is 10.9 Å². The molecule has 0 fully saturated rings. The summed E-state index contributed by atoms with van der Waals surface area (Å²) in [4.78, 5) is 17.0. The van der Waals surface area contributed by atoms with E-state index in [-0.39, 0.29) is 12.0 Å². The zero-order chi connectivity index (χ0) is 14.7. The molecule has 0 aliphatic heterocycles. The summed E-state index contributed by atoms with van der Waals surface area (Å²) >= 11 is 0. The van der Waals surface area contributed by atoms with Gasteiger partial charge in [0.15, 0.2) is 0 Å². The van der Waals surface area contributed by atoms with Gasteiger partial charge in [-0.1, -0.05) is 0 Å². The van der Waals surface area contributed by atoms with Gasteiger partial charge in [0.1, 0.15) is 5.69 Å². The number of anilines is 1. The summed E-state index contributed by atoms with van der Waals surface area (Å²) in [6.07, 6.45) is 0.176. The second-order valence-electron chi connectivity index (χ2n) is 5.18. The lowest BCUT2D eigenvalue weighted by atomic mass is 10.2. The number of amides is 1. The van der Waals surface area contributed by atoms with Crippen LogP contribution in [-0.4, -0.2) is 42.1 Å². The van der Waals surface area contributed by atoms with E-state index in [1.165, 1.54) is 0 Å². The Balaban J connectivity index is 2.06. The van der Waals surface area contributed by atoms with Crippen LogP contribution in [0.4, 0.5) is 5.69 Å². The van der Waals surface area contributed by atoms with Gasteiger partial charge in [-0.2, -0.15) is 0 Å². The lowest BCUT2D eigenvalue weighted by Crippen LogP contribution is -2.31. The lowest BCUT2D eigenvalue weighted by molar-refractivity contribution is 0.0529. The third-order valence-corrected chi connectivity index (χ3v) is 3.10. The van der Waals surface area contributed by atoms with Crippen molar-refractivity contribution in [2.45, 2.75) is 20.0 Å². The van der Waals surface area contributed by atoms with Crippen molar-refractivity contribution in [3.8, 4) is 0 Å². The minimum atomic E-state index is -0.0490. The van der Waals surface area contributed by atoms with Crippen molar-refractivity contribution in [1.29, 1.82) is 0 Å². The Labute approximate surface area is 118 Å². The van der Waals surface area contributed by atoms with E-state index >= 15 is 0 Å². The topological polar surface area (TPSA) is 71.3 Å². The van der Waals surface area contributed by atoms with Crippen molar-refractivity contribution in [2.75, 3.05) is 25.9 Å². The molecule has 0 aliphatic rings. The fraction of sp³-hybridized carbons (Fsp3) is 0.400. The first kappa shape index (κ1) is 14.4. The minimum Gasteiger partial charge on any atom is -0.399 e. The molecule has 0 aliphatic carbocycles. The van der Waals surface area contributed by atoms with E-state index < -0.39 is 0 Å². The highest BCUT2D eigenvalue weighted by Crippen LogP contribution is 2.19. The molecule has 3 N–H and O–H groups in total. The van der Waals surface area contributed by atoms with E-state index in [2.05, 4.69) is 4.98 Å². The predicted molar refractivity (Wildman–Crippen MR) is 80.8 cm³/mol. The van der Waals surface area contributed by atoms with Crippen LogP contribution in [0, 0.1) is 0 Å². The van der Waals surface area contributed by atoms with Gasteiger partial charge in [0.05, 0.1) is 12.7 Å². The molecule has 20 heavy (non-hydrogen) atoms. The standard InChI is InChI=1S/C15H21N3O2/c1-10(2)20-7-6-18(3)15(19)14-9-11-8-12(16)4-5-13(11)17-14/h4-5,8-10,17H,6-7,16H2,1-3H3. The summed E-state index contributed by atoms with van der Waals surface area (Å²) in [5, 5.41) is 0.945. The molecule has 0 saturated carbocycles. The molecule has 1 aromatic heterocycles. The van der Waals surface area contributed by atoms with Crippen LogP contribution in [0.5, 0.6) is 0 Å². The maximum Gasteiger partial charge on any atom is 0.270 e. The van der Waals surface area contributed by atoms with Crippen LogP contribution < -0.4 is 5.73 Å². The maximum absolute atomic E-state index is 12.3. The van der Waals surface area contributed by atoms with Gasteiger partial charge in [0, 0.05) is 30.2 Å². The summed E-state index contributed by atoms with van der Waals surface area (Å²) < 4.78 is 5.45. The molecule has 1 amide bonds. The minimum absolute atomic E-state index is 0.0490. The van der Waals surface area contributed by atoms with Crippen molar-refractivity contribution in [3.05, 3.63) is 30.0 Å². The number of carbonyl (C=O) groups is 1. The molecule has 0 radical (unpaired) electrons. The zero-order valence-electron chi connectivity index (χ0n) is 12.1. The Bertz CT molecular complexity index is 604. The molecule has 0 saturated heterocycles. The van der Waals surface area contributed by atoms with E-state index in [9.17, 15) is 4.79 Å². The predicted octanol–water partition coefficient (Wildman–Crippen LogP) is 2.25. The first-order valence-electron chi connectivity index (χ1n) is 6.72. The molecule has 1 heterocycles. The normalized spacial score (nSPS) is 11.2. The number of fused-ring (bicyclic) bond motifs is 1. The van der Waals surface area contributed by atoms with Crippen molar-refractivity contribution >= 4 is 22.5 Å². The summed E-state index contributed by atoms with van der Waals surface area (Å²) in [7, 11) is 1.77. The van der Waals surface area contributed by atoms with Crippen LogP contribution in [-0.2, 0) is 4.74 Å². The molecule has 0 atom stereocenters. The van der Waals surface area contributed by atoms with Gasteiger partial charge in [-0.25, -0.2) is 0 Å². The van der Waals surface area contributed by atoms with Crippen molar-refractivity contribution < 1.29 is 9.53 Å². The van der Waals surface area contributed by atoms with Crippen LogP contribution in [0.2, 0.25) is 0 Å². The van der Waals surface area contributed by atoms with Gasteiger partial charge >= 0.3 is 0 Å². The Morgan fingerprint density at radius 2 is 2.15 bits per heavy atom. The van der Waals surface area contributed by atoms with Gasteiger partial charge < -0.3 is 20.4 Å². The number of likely N-dealkylation sites (N-methyl/N-ethyl adjacent to an activating group) is 1. The summed E-state index contributed by atoms with van der Waals surface area (Å²) in [6.45, 7) is 5.05. The fourth-order valence-corrected chi connectivity index (χ4v) is 2.00. The van der Waals surface area contributed by atoms with Gasteiger partial charge in [0.2, 0.25) is 0 Å². The third kappa shape index (κ3) is 3.30. The summed E-state index contributed by atoms with van der Waals surface area (Å²) in [5.74, 6) is -0.0490. The van der Waals surface area contributed by atoms with Crippen LogP contribution >= 0.6 is 0 Å². The number of H-pyrrole nitrogens is 1. The number of hydrogen-bond acceptors (Lipinski definition) is 3. The number of carbonyl (C=O) groups excluding carboxylic acids is 1. The average molecular weight is 275 g/mol. The van der Waals surface area contributed by atoms with Gasteiger partial charge in [-0.3, -0.25) is 4.79 Å². The second kappa shape index (κ2) is 5.96. The van der Waals surface area contributed by atoms with Gasteiger partial charge in [-0.15, -0.1) is 0 Å². The molecule has 2 rings (SSSR count). The highest BCUT2D eigenvalue weighted by atomic mass is 16.5. The number of rotatable bonds is 5. The molecule has 0 unspecified atom stereocenters. The highest BCUT2D eigenvalue weighted by Gasteiger charge is 2.14. The average Bonchev–Trinajstić information content (AvgIpc) is 2.80. The van der Waals surface area contributed by atoms with E-state index in [1.54, 1.807) is 11.9 Å². The van der Waals surface area contributed by atoms with Crippen LogP contribution in [0.3, 0.4) is 0 Å². The largest absolute Gasteiger partial charge is 0.399 e. The monoisotopic (exact) mass is 275 g/mol. The summed E-state index contributed by atoms with van der Waals surface area (Å²) in [5.41, 5.74) is 7.91. The number of ether oxygens (including phenoxy) is 1. The van der Waals surface area contributed by atoms with Crippen molar-refractivity contribution in [3.63, 3.8) is 0 Å². The number of nitrogen functional groups attached to an aromatic ring is 1. The second-order valence-corrected chi connectivity index (χ2v) is 5.18. The third-order valence-electron chi connectivity index (χ3n) is 3.10. The van der Waals surface area contributed by atoms with Gasteiger partial charge in [0.25, 0.3) is 5.91 Å². The molecule has 2 aromatic rings. The Morgan fingerprint density at radius 3 is 2.85 bits per heavy atom. The number of nitrogens with two attached hydrogens (primary N) is 1. The molecule has 5 nitrogen and oxygen atoms in total. The number of hydrogen-bond donors (Lipinski definition) is 2. The molecule has 108 valence electrons. The van der Waals surface area contributed by atoms with Crippen molar-refractivity contribution in [1.82, 2.24) is 9.88 Å². The SMILES string of the molecule is CC(C)OCCN(C)C(=O)c1cc2cc(N)ccc2[nH]1. The Kier molecular flexibility index (Phi) is 4.29. The highest BCUT2D eigenvalue weighted by molar-refractivity contribution is 5.98. The number of benzene rings is 1. The Hall–Kier alpha value is -2.01. The number of aromatic amines is 1. The summed E-state index contributed by atoms with van der Waals surface area (Å²) in [6, 6.07) is 7.37. The van der Waals surface area contributed by atoms with Crippen LogP contribution in [0.15, 0.2) is 24.3 Å². The van der Waals surface area contributed by atoms with E-state index in [0.29, 0.717) is 24.5 Å². The smallest absolute Gasteiger partial charge is 0.270 e.